The quantitative estimate of drug-likeness (QED) is 0.470. The second kappa shape index (κ2) is 8.88. The van der Waals surface area contributed by atoms with Crippen LogP contribution in [0.1, 0.15) is 22.7 Å². The molecule has 0 bridgehead atoms. The van der Waals surface area contributed by atoms with Crippen LogP contribution in [-0.2, 0) is 4.79 Å². The van der Waals surface area contributed by atoms with Crippen molar-refractivity contribution < 1.29 is 4.79 Å². The molecule has 3 aromatic carbocycles. The van der Waals surface area contributed by atoms with Crippen LogP contribution in [0, 0.1) is 6.92 Å². The largest absolute Gasteiger partial charge is 0.325 e. The highest BCUT2D eigenvalue weighted by Gasteiger charge is 2.31. The maximum Gasteiger partial charge on any atom is 0.251 e. The van der Waals surface area contributed by atoms with Crippen LogP contribution in [0.3, 0.4) is 0 Å². The van der Waals surface area contributed by atoms with E-state index >= 15 is 0 Å². The number of aromatic nitrogens is 4. The molecule has 1 amide bonds. The Balaban J connectivity index is 1.53. The Morgan fingerprint density at radius 1 is 1.03 bits per heavy atom. The van der Waals surface area contributed by atoms with Crippen molar-refractivity contribution in [2.75, 3.05) is 16.8 Å². The number of nitrogens with zero attached hydrogens (tertiary/aromatic N) is 5. The summed E-state index contributed by atoms with van der Waals surface area (Å²) in [6.45, 7) is 2.05. The Morgan fingerprint density at radius 3 is 2.58 bits per heavy atom. The van der Waals surface area contributed by atoms with Gasteiger partial charge in [-0.2, -0.15) is 4.68 Å². The number of aryl methyl sites for hydroxylation is 1. The molecule has 1 N–H and O–H groups in total. The lowest BCUT2D eigenvalue weighted by Crippen LogP contribution is -2.37. The summed E-state index contributed by atoms with van der Waals surface area (Å²) in [7, 11) is 0. The molecule has 164 valence electrons. The standard InChI is InChI=1S/C25H21ClN6O/c1-17-6-5-9-21(14-17)27-24(33)16-31-22(18-7-3-2-4-8-18)15-23(32-25(31)28-29-30-32)19-10-12-20(26)13-11-19/h2-15,23H,16H2,1H3,(H,27,33). The van der Waals surface area contributed by atoms with Crippen LogP contribution in [0.2, 0.25) is 5.02 Å². The molecule has 1 aliphatic heterocycles. The zero-order valence-electron chi connectivity index (χ0n) is 17.9. The minimum atomic E-state index is -0.237. The number of anilines is 2. The van der Waals surface area contributed by atoms with Gasteiger partial charge in [-0.3, -0.25) is 9.69 Å². The van der Waals surface area contributed by atoms with E-state index < -0.39 is 0 Å². The summed E-state index contributed by atoms with van der Waals surface area (Å²) in [6, 6.07) is 25.0. The lowest BCUT2D eigenvalue weighted by atomic mass is 10.0. The predicted octanol–water partition coefficient (Wildman–Crippen LogP) is 4.72. The molecule has 33 heavy (non-hydrogen) atoms. The third-order valence-corrected chi connectivity index (χ3v) is 5.72. The highest BCUT2D eigenvalue weighted by atomic mass is 35.5. The van der Waals surface area contributed by atoms with Gasteiger partial charge in [-0.1, -0.05) is 71.3 Å². The van der Waals surface area contributed by atoms with Gasteiger partial charge in [-0.25, -0.2) is 0 Å². The number of hydrogen-bond acceptors (Lipinski definition) is 5. The first-order valence-electron chi connectivity index (χ1n) is 10.5. The predicted molar refractivity (Wildman–Crippen MR) is 129 cm³/mol. The fourth-order valence-electron chi connectivity index (χ4n) is 3.95. The van der Waals surface area contributed by atoms with Gasteiger partial charge in [0.15, 0.2) is 0 Å². The molecule has 0 saturated carbocycles. The molecule has 1 aliphatic rings. The van der Waals surface area contributed by atoms with Gasteiger partial charge in [0.25, 0.3) is 5.95 Å². The van der Waals surface area contributed by atoms with Crippen molar-refractivity contribution in [1.82, 2.24) is 20.2 Å². The molecule has 0 aliphatic carbocycles. The van der Waals surface area contributed by atoms with Crippen molar-refractivity contribution in [2.24, 2.45) is 0 Å². The molecule has 1 unspecified atom stereocenters. The van der Waals surface area contributed by atoms with E-state index in [4.69, 9.17) is 11.6 Å². The third kappa shape index (κ3) is 4.36. The van der Waals surface area contributed by atoms with Gasteiger partial charge in [0.1, 0.15) is 12.6 Å². The average Bonchev–Trinajstić information content (AvgIpc) is 3.31. The average molecular weight is 457 g/mol. The van der Waals surface area contributed by atoms with Gasteiger partial charge < -0.3 is 5.32 Å². The number of nitrogens with one attached hydrogen (secondary N) is 1. The third-order valence-electron chi connectivity index (χ3n) is 5.47. The number of carbonyl (C=O) groups is 1. The van der Waals surface area contributed by atoms with Gasteiger partial charge in [0.2, 0.25) is 5.91 Å². The fourth-order valence-corrected chi connectivity index (χ4v) is 4.07. The SMILES string of the molecule is Cc1cccc(NC(=O)CN2C(c3ccccc3)=CC(c3ccc(Cl)cc3)n3nnnc32)c1. The summed E-state index contributed by atoms with van der Waals surface area (Å²) in [6.07, 6.45) is 2.07. The molecule has 7 nitrogen and oxygen atoms in total. The summed E-state index contributed by atoms with van der Waals surface area (Å²) in [4.78, 5) is 14.9. The highest BCUT2D eigenvalue weighted by Crippen LogP contribution is 2.36. The van der Waals surface area contributed by atoms with Crippen LogP contribution in [-0.4, -0.2) is 32.7 Å². The van der Waals surface area contributed by atoms with E-state index in [9.17, 15) is 4.79 Å². The Kier molecular flexibility index (Phi) is 5.62. The lowest BCUT2D eigenvalue weighted by molar-refractivity contribution is -0.114. The first-order chi connectivity index (χ1) is 16.1. The van der Waals surface area contributed by atoms with Crippen molar-refractivity contribution in [3.05, 3.63) is 107 Å². The molecular weight excluding hydrogens is 436 g/mol. The van der Waals surface area contributed by atoms with E-state index in [1.807, 2.05) is 90.7 Å². The maximum absolute atomic E-state index is 13.0. The smallest absolute Gasteiger partial charge is 0.251 e. The minimum Gasteiger partial charge on any atom is -0.325 e. The molecule has 1 atom stereocenters. The van der Waals surface area contributed by atoms with Gasteiger partial charge in [0.05, 0.1) is 5.70 Å². The molecule has 0 saturated heterocycles. The van der Waals surface area contributed by atoms with E-state index in [0.717, 1.165) is 28.1 Å². The lowest BCUT2D eigenvalue weighted by Gasteiger charge is -2.32. The molecule has 2 heterocycles. The molecule has 0 radical (unpaired) electrons. The number of fused-ring (bicyclic) bond motifs is 1. The van der Waals surface area contributed by atoms with Crippen molar-refractivity contribution in [2.45, 2.75) is 13.0 Å². The molecule has 5 rings (SSSR count). The van der Waals surface area contributed by atoms with Crippen LogP contribution < -0.4 is 10.2 Å². The number of halogens is 1. The molecule has 8 heteroatoms. The fraction of sp³-hybridized carbons (Fsp3) is 0.120. The van der Waals surface area contributed by atoms with E-state index in [1.54, 1.807) is 4.68 Å². The van der Waals surface area contributed by atoms with Gasteiger partial charge in [-0.05, 0) is 64.4 Å². The number of allylic oxidation sites excluding steroid dienone is 1. The Bertz CT molecular complexity index is 1320. The number of tetrazole rings is 1. The summed E-state index contributed by atoms with van der Waals surface area (Å²) in [5, 5.41) is 16.0. The van der Waals surface area contributed by atoms with E-state index in [2.05, 4.69) is 26.9 Å². The monoisotopic (exact) mass is 456 g/mol. The first kappa shape index (κ1) is 20.9. The van der Waals surface area contributed by atoms with E-state index in [0.29, 0.717) is 11.0 Å². The van der Waals surface area contributed by atoms with E-state index in [-0.39, 0.29) is 18.5 Å². The Labute approximate surface area is 196 Å². The van der Waals surface area contributed by atoms with Crippen LogP contribution in [0.25, 0.3) is 5.70 Å². The normalized spacial score (nSPS) is 15.0. The molecule has 0 spiro atoms. The van der Waals surface area contributed by atoms with Crippen molar-refractivity contribution >= 4 is 34.8 Å². The summed E-state index contributed by atoms with van der Waals surface area (Å²) >= 11 is 6.10. The van der Waals surface area contributed by atoms with Crippen LogP contribution in [0.5, 0.6) is 0 Å². The van der Waals surface area contributed by atoms with Gasteiger partial charge in [-0.15, -0.1) is 0 Å². The zero-order valence-corrected chi connectivity index (χ0v) is 18.6. The number of amides is 1. The van der Waals surface area contributed by atoms with Crippen molar-refractivity contribution in [1.29, 1.82) is 0 Å². The van der Waals surface area contributed by atoms with Gasteiger partial charge in [0, 0.05) is 10.7 Å². The van der Waals surface area contributed by atoms with Crippen LogP contribution in [0.15, 0.2) is 84.9 Å². The second-order valence-corrected chi connectivity index (χ2v) is 8.28. The topological polar surface area (TPSA) is 75.9 Å². The van der Waals surface area contributed by atoms with Crippen molar-refractivity contribution in [3.8, 4) is 0 Å². The van der Waals surface area contributed by atoms with Crippen LogP contribution in [0.4, 0.5) is 11.6 Å². The minimum absolute atomic E-state index is 0.0579. The first-order valence-corrected chi connectivity index (χ1v) is 10.9. The number of rotatable bonds is 5. The summed E-state index contributed by atoms with van der Waals surface area (Å²) in [5.41, 5.74) is 4.64. The van der Waals surface area contributed by atoms with Crippen molar-refractivity contribution in [3.63, 3.8) is 0 Å². The van der Waals surface area contributed by atoms with Gasteiger partial charge >= 0.3 is 0 Å². The number of hydrogen-bond donors (Lipinski definition) is 1. The maximum atomic E-state index is 13.0. The zero-order chi connectivity index (χ0) is 22.8. The number of carbonyl (C=O) groups excluding carboxylic acids is 1. The van der Waals surface area contributed by atoms with E-state index in [1.165, 1.54) is 0 Å². The summed E-state index contributed by atoms with van der Waals surface area (Å²) in [5.74, 6) is 0.331. The highest BCUT2D eigenvalue weighted by molar-refractivity contribution is 6.30. The Morgan fingerprint density at radius 2 is 1.82 bits per heavy atom. The summed E-state index contributed by atoms with van der Waals surface area (Å²) < 4.78 is 1.72. The number of benzene rings is 3. The molecule has 1 aromatic heterocycles. The Hall–Kier alpha value is -3.97. The second-order valence-electron chi connectivity index (χ2n) is 7.84. The molecular formula is C25H21ClN6O. The molecule has 4 aromatic rings. The van der Waals surface area contributed by atoms with Crippen LogP contribution >= 0.6 is 11.6 Å². The molecule has 0 fully saturated rings.